The average molecular weight is 371 g/mol. The number of aliphatic imine (C=N–C) groups is 1. The van der Waals surface area contributed by atoms with Crippen molar-refractivity contribution in [1.29, 1.82) is 0 Å². The molecule has 0 unspecified atom stereocenters. The molecule has 1 aromatic heterocycles. The number of H-pyrrole nitrogens is 1. The second kappa shape index (κ2) is 9.27. The Labute approximate surface area is 163 Å². The summed E-state index contributed by atoms with van der Waals surface area (Å²) in [5.74, 6) is 0.928. The van der Waals surface area contributed by atoms with Crippen LogP contribution in [0.2, 0.25) is 0 Å². The van der Waals surface area contributed by atoms with Gasteiger partial charge in [0, 0.05) is 50.5 Å². The Morgan fingerprint density at radius 3 is 2.85 bits per heavy atom. The van der Waals surface area contributed by atoms with Crippen molar-refractivity contribution in [2.75, 3.05) is 33.4 Å². The number of nitrogens with one attached hydrogen (secondary N) is 3. The van der Waals surface area contributed by atoms with Gasteiger partial charge in [0.1, 0.15) is 0 Å². The smallest absolute Gasteiger partial charge is 0.191 e. The van der Waals surface area contributed by atoms with Crippen LogP contribution in [0.3, 0.4) is 0 Å². The van der Waals surface area contributed by atoms with E-state index in [9.17, 15) is 0 Å². The third-order valence-corrected chi connectivity index (χ3v) is 5.78. The standard InChI is InChI=1S/C22H34N4O/c1-4-23-21(26-16-22(9-5-10-22)11-13-27-3)24-12-8-18-15-25-20-14-17(2)6-7-19(18)20/h6-7,14-15,25H,4-5,8-13,16H2,1-3H3,(H2,23,24,26). The van der Waals surface area contributed by atoms with E-state index in [1.165, 1.54) is 41.3 Å². The minimum atomic E-state index is 0.354. The number of nitrogens with zero attached hydrogens (tertiary/aromatic N) is 1. The lowest BCUT2D eigenvalue weighted by Crippen LogP contribution is -2.41. The largest absolute Gasteiger partial charge is 0.385 e. The van der Waals surface area contributed by atoms with Crippen LogP contribution in [-0.2, 0) is 11.2 Å². The molecule has 0 atom stereocenters. The van der Waals surface area contributed by atoms with Crippen molar-refractivity contribution in [1.82, 2.24) is 15.6 Å². The van der Waals surface area contributed by atoms with Crippen LogP contribution in [0.5, 0.6) is 0 Å². The van der Waals surface area contributed by atoms with Crippen LogP contribution in [0.4, 0.5) is 0 Å². The number of benzene rings is 1. The summed E-state index contributed by atoms with van der Waals surface area (Å²) in [4.78, 5) is 8.27. The summed E-state index contributed by atoms with van der Waals surface area (Å²) in [5.41, 5.74) is 4.21. The summed E-state index contributed by atoms with van der Waals surface area (Å²) in [6.07, 6.45) is 8.08. The SMILES string of the molecule is CCNC(=NCC1(CCOC)CCC1)NCCc1c[nH]c2cc(C)ccc12. The lowest BCUT2D eigenvalue weighted by molar-refractivity contribution is 0.0778. The summed E-state index contributed by atoms with van der Waals surface area (Å²) in [6, 6.07) is 6.60. The molecule has 5 nitrogen and oxygen atoms in total. The normalized spacial score (nSPS) is 16.3. The summed E-state index contributed by atoms with van der Waals surface area (Å²) in [7, 11) is 1.79. The van der Waals surface area contributed by atoms with Crippen LogP contribution in [0.15, 0.2) is 29.4 Å². The number of guanidine groups is 1. The molecule has 0 radical (unpaired) electrons. The Balaban J connectivity index is 1.56. The van der Waals surface area contributed by atoms with Gasteiger partial charge in [-0.2, -0.15) is 0 Å². The lowest BCUT2D eigenvalue weighted by atomic mass is 9.67. The van der Waals surface area contributed by atoms with Crippen molar-refractivity contribution in [2.45, 2.75) is 46.0 Å². The maximum atomic E-state index is 5.29. The first-order chi connectivity index (χ1) is 13.2. The van der Waals surface area contributed by atoms with E-state index in [0.29, 0.717) is 5.41 Å². The number of aromatic nitrogens is 1. The third-order valence-electron chi connectivity index (χ3n) is 5.78. The zero-order valence-electron chi connectivity index (χ0n) is 17.0. The van der Waals surface area contributed by atoms with Crippen LogP contribution in [0.25, 0.3) is 10.9 Å². The molecule has 27 heavy (non-hydrogen) atoms. The van der Waals surface area contributed by atoms with Crippen LogP contribution < -0.4 is 10.6 Å². The molecule has 1 heterocycles. The highest BCUT2D eigenvalue weighted by Crippen LogP contribution is 2.44. The van der Waals surface area contributed by atoms with Crippen LogP contribution in [-0.4, -0.2) is 44.3 Å². The van der Waals surface area contributed by atoms with Gasteiger partial charge < -0.3 is 20.4 Å². The molecule has 5 heteroatoms. The van der Waals surface area contributed by atoms with Gasteiger partial charge in [-0.15, -0.1) is 0 Å². The number of ether oxygens (including phenoxy) is 1. The molecule has 0 amide bonds. The first kappa shape index (κ1) is 19.7. The second-order valence-electron chi connectivity index (χ2n) is 7.83. The van der Waals surface area contributed by atoms with Gasteiger partial charge in [-0.05, 0) is 62.1 Å². The minimum absolute atomic E-state index is 0.354. The van der Waals surface area contributed by atoms with Crippen molar-refractivity contribution < 1.29 is 4.74 Å². The molecule has 0 aliphatic heterocycles. The summed E-state index contributed by atoms with van der Waals surface area (Å²) >= 11 is 0. The van der Waals surface area contributed by atoms with Gasteiger partial charge in [-0.1, -0.05) is 18.6 Å². The third kappa shape index (κ3) is 5.04. The van der Waals surface area contributed by atoms with E-state index in [-0.39, 0.29) is 0 Å². The molecule has 2 aromatic rings. The Morgan fingerprint density at radius 2 is 2.15 bits per heavy atom. The van der Waals surface area contributed by atoms with Gasteiger partial charge in [0.05, 0.1) is 0 Å². The van der Waals surface area contributed by atoms with Gasteiger partial charge in [0.2, 0.25) is 0 Å². The van der Waals surface area contributed by atoms with Gasteiger partial charge in [0.15, 0.2) is 5.96 Å². The molecule has 1 aromatic carbocycles. The maximum Gasteiger partial charge on any atom is 0.191 e. The van der Waals surface area contributed by atoms with Crippen LogP contribution in [0, 0.1) is 12.3 Å². The zero-order valence-corrected chi connectivity index (χ0v) is 17.0. The fourth-order valence-electron chi connectivity index (χ4n) is 3.89. The van der Waals surface area contributed by atoms with Gasteiger partial charge >= 0.3 is 0 Å². The molecular formula is C22H34N4O. The van der Waals surface area contributed by atoms with E-state index < -0.39 is 0 Å². The number of hydrogen-bond acceptors (Lipinski definition) is 2. The van der Waals surface area contributed by atoms with Crippen molar-refractivity contribution in [3.8, 4) is 0 Å². The molecule has 3 rings (SSSR count). The molecule has 1 aliphatic carbocycles. The van der Waals surface area contributed by atoms with Crippen molar-refractivity contribution >= 4 is 16.9 Å². The van der Waals surface area contributed by atoms with Gasteiger partial charge in [-0.3, -0.25) is 4.99 Å². The monoisotopic (exact) mass is 370 g/mol. The van der Waals surface area contributed by atoms with Crippen LogP contribution >= 0.6 is 0 Å². The first-order valence-electron chi connectivity index (χ1n) is 10.2. The fraction of sp³-hybridized carbons (Fsp3) is 0.591. The highest BCUT2D eigenvalue weighted by molar-refractivity contribution is 5.84. The Morgan fingerprint density at radius 1 is 1.30 bits per heavy atom. The van der Waals surface area contributed by atoms with Crippen molar-refractivity contribution in [3.63, 3.8) is 0 Å². The fourth-order valence-corrected chi connectivity index (χ4v) is 3.89. The number of rotatable bonds is 9. The number of aryl methyl sites for hydroxylation is 1. The molecule has 148 valence electrons. The first-order valence-corrected chi connectivity index (χ1v) is 10.2. The molecule has 3 N–H and O–H groups in total. The summed E-state index contributed by atoms with van der Waals surface area (Å²) in [5, 5.41) is 8.21. The van der Waals surface area contributed by atoms with E-state index >= 15 is 0 Å². The van der Waals surface area contributed by atoms with E-state index in [4.69, 9.17) is 9.73 Å². The summed E-state index contributed by atoms with van der Waals surface area (Å²) < 4.78 is 5.29. The highest BCUT2D eigenvalue weighted by atomic mass is 16.5. The Hall–Kier alpha value is -2.01. The molecule has 0 spiro atoms. The van der Waals surface area contributed by atoms with E-state index in [2.05, 4.69) is 53.9 Å². The van der Waals surface area contributed by atoms with E-state index in [0.717, 1.165) is 45.0 Å². The molecule has 0 bridgehead atoms. The number of aromatic amines is 1. The molecule has 1 saturated carbocycles. The minimum Gasteiger partial charge on any atom is -0.385 e. The van der Waals surface area contributed by atoms with Gasteiger partial charge in [-0.25, -0.2) is 0 Å². The number of fused-ring (bicyclic) bond motifs is 1. The predicted octanol–water partition coefficient (Wildman–Crippen LogP) is 3.78. The van der Waals surface area contributed by atoms with Gasteiger partial charge in [0.25, 0.3) is 0 Å². The molecule has 1 aliphatic rings. The van der Waals surface area contributed by atoms with Crippen molar-refractivity contribution in [2.24, 2.45) is 10.4 Å². The molecule has 1 fully saturated rings. The quantitative estimate of drug-likeness (QED) is 0.465. The van der Waals surface area contributed by atoms with E-state index in [1.54, 1.807) is 7.11 Å². The highest BCUT2D eigenvalue weighted by Gasteiger charge is 2.36. The second-order valence-corrected chi connectivity index (χ2v) is 7.83. The maximum absolute atomic E-state index is 5.29. The lowest BCUT2D eigenvalue weighted by Gasteiger charge is -2.40. The molecule has 0 saturated heterocycles. The number of hydrogen-bond donors (Lipinski definition) is 3. The van der Waals surface area contributed by atoms with E-state index in [1.807, 2.05) is 0 Å². The predicted molar refractivity (Wildman–Crippen MR) is 113 cm³/mol. The zero-order chi connectivity index (χ0) is 19.1. The summed E-state index contributed by atoms with van der Waals surface area (Å²) in [6.45, 7) is 7.71. The Bertz CT molecular complexity index is 761. The average Bonchev–Trinajstić information content (AvgIpc) is 3.02. The van der Waals surface area contributed by atoms with Crippen LogP contribution in [0.1, 0.15) is 43.7 Å². The molecular weight excluding hydrogens is 336 g/mol. The van der Waals surface area contributed by atoms with Crippen molar-refractivity contribution in [3.05, 3.63) is 35.5 Å². The topological polar surface area (TPSA) is 61.4 Å². The Kier molecular flexibility index (Phi) is 6.78. The number of methoxy groups -OCH3 is 1.